The number of carbonyl (C=O) groups excluding carboxylic acids is 1. The number of amides is 1. The maximum absolute atomic E-state index is 11.5. The third kappa shape index (κ3) is 2.32. The summed E-state index contributed by atoms with van der Waals surface area (Å²) in [5.74, 6) is -0.139. The predicted octanol–water partition coefficient (Wildman–Crippen LogP) is 0.105. The van der Waals surface area contributed by atoms with Crippen LogP contribution in [0.5, 0.6) is 0 Å². The first-order chi connectivity index (χ1) is 6.66. The smallest absolute Gasteiger partial charge is 0.272 e. The molecule has 14 heavy (non-hydrogen) atoms. The Balaban J connectivity index is 2.56. The molecule has 1 heterocycles. The number of aryl methyl sites for hydroxylation is 1. The molecule has 5 nitrogen and oxygen atoms in total. The number of carbonyl (C=O) groups is 1. The standard InChI is InChI=1S/C9H16N4O/c1-6-7(2)12-13-8(6)9(14)11-5-3-4-10/h3-5,10H2,1-2H3,(H,11,14)(H,12,13). The van der Waals surface area contributed by atoms with Crippen molar-refractivity contribution in [2.75, 3.05) is 13.1 Å². The van der Waals surface area contributed by atoms with E-state index in [0.29, 0.717) is 18.8 Å². The van der Waals surface area contributed by atoms with Gasteiger partial charge in [0.1, 0.15) is 0 Å². The molecule has 0 saturated heterocycles. The van der Waals surface area contributed by atoms with Crippen LogP contribution in [0.2, 0.25) is 0 Å². The first kappa shape index (κ1) is 10.7. The highest BCUT2D eigenvalue weighted by molar-refractivity contribution is 5.93. The van der Waals surface area contributed by atoms with Crippen LogP contribution in [0, 0.1) is 13.8 Å². The monoisotopic (exact) mass is 196 g/mol. The van der Waals surface area contributed by atoms with Gasteiger partial charge in [-0.3, -0.25) is 9.89 Å². The predicted molar refractivity (Wildman–Crippen MR) is 54.1 cm³/mol. The van der Waals surface area contributed by atoms with Gasteiger partial charge in [-0.15, -0.1) is 0 Å². The Labute approximate surface area is 83.1 Å². The molecular weight excluding hydrogens is 180 g/mol. The second-order valence-corrected chi connectivity index (χ2v) is 3.22. The fraction of sp³-hybridized carbons (Fsp3) is 0.556. The minimum Gasteiger partial charge on any atom is -0.351 e. The van der Waals surface area contributed by atoms with Gasteiger partial charge < -0.3 is 11.1 Å². The lowest BCUT2D eigenvalue weighted by molar-refractivity contribution is 0.0948. The highest BCUT2D eigenvalue weighted by Crippen LogP contribution is 2.07. The zero-order valence-corrected chi connectivity index (χ0v) is 8.55. The van der Waals surface area contributed by atoms with Crippen molar-refractivity contribution < 1.29 is 4.79 Å². The van der Waals surface area contributed by atoms with Gasteiger partial charge in [-0.25, -0.2) is 0 Å². The number of rotatable bonds is 4. The second-order valence-electron chi connectivity index (χ2n) is 3.22. The molecule has 0 saturated carbocycles. The summed E-state index contributed by atoms with van der Waals surface area (Å²) in [5, 5.41) is 9.45. The second kappa shape index (κ2) is 4.76. The lowest BCUT2D eigenvalue weighted by Crippen LogP contribution is -2.26. The van der Waals surface area contributed by atoms with Crippen molar-refractivity contribution in [1.82, 2.24) is 15.5 Å². The summed E-state index contributed by atoms with van der Waals surface area (Å²) in [6, 6.07) is 0. The summed E-state index contributed by atoms with van der Waals surface area (Å²) in [7, 11) is 0. The van der Waals surface area contributed by atoms with E-state index < -0.39 is 0 Å². The van der Waals surface area contributed by atoms with E-state index in [0.717, 1.165) is 17.7 Å². The van der Waals surface area contributed by atoms with Crippen LogP contribution in [0.1, 0.15) is 28.2 Å². The zero-order chi connectivity index (χ0) is 10.6. The summed E-state index contributed by atoms with van der Waals surface area (Å²) in [6.07, 6.45) is 0.786. The van der Waals surface area contributed by atoms with Gasteiger partial charge in [0.05, 0.1) is 0 Å². The molecule has 0 aliphatic carbocycles. The molecule has 0 aromatic carbocycles. The fourth-order valence-electron chi connectivity index (χ4n) is 1.09. The molecule has 0 radical (unpaired) electrons. The lowest BCUT2D eigenvalue weighted by Gasteiger charge is -2.01. The highest BCUT2D eigenvalue weighted by Gasteiger charge is 2.12. The summed E-state index contributed by atoms with van der Waals surface area (Å²) >= 11 is 0. The molecule has 0 spiro atoms. The molecule has 0 aliphatic rings. The minimum atomic E-state index is -0.139. The molecular formula is C9H16N4O. The number of aromatic amines is 1. The lowest BCUT2D eigenvalue weighted by atomic mass is 10.2. The van der Waals surface area contributed by atoms with Gasteiger partial charge in [-0.05, 0) is 26.8 Å². The number of nitrogens with zero attached hydrogens (tertiary/aromatic N) is 1. The maximum Gasteiger partial charge on any atom is 0.272 e. The molecule has 0 atom stereocenters. The zero-order valence-electron chi connectivity index (χ0n) is 8.55. The summed E-state index contributed by atoms with van der Waals surface area (Å²) in [5.41, 5.74) is 7.61. The van der Waals surface area contributed by atoms with Crippen molar-refractivity contribution >= 4 is 5.91 Å². The molecule has 1 aromatic rings. The topological polar surface area (TPSA) is 83.8 Å². The molecule has 0 bridgehead atoms. The molecule has 0 unspecified atom stereocenters. The van der Waals surface area contributed by atoms with Crippen LogP contribution in [0.25, 0.3) is 0 Å². The normalized spacial score (nSPS) is 10.2. The van der Waals surface area contributed by atoms with Crippen molar-refractivity contribution in [2.45, 2.75) is 20.3 Å². The number of nitrogens with two attached hydrogens (primary N) is 1. The average molecular weight is 196 g/mol. The molecule has 5 heteroatoms. The summed E-state index contributed by atoms with van der Waals surface area (Å²) in [4.78, 5) is 11.5. The first-order valence-corrected chi connectivity index (χ1v) is 4.66. The van der Waals surface area contributed by atoms with Crippen LogP contribution >= 0.6 is 0 Å². The Hall–Kier alpha value is -1.36. The van der Waals surface area contributed by atoms with Gasteiger partial charge >= 0.3 is 0 Å². The summed E-state index contributed by atoms with van der Waals surface area (Å²) in [6.45, 7) is 4.94. The largest absolute Gasteiger partial charge is 0.351 e. The van der Waals surface area contributed by atoms with Crippen molar-refractivity contribution in [2.24, 2.45) is 5.73 Å². The van der Waals surface area contributed by atoms with Gasteiger partial charge in [0.2, 0.25) is 0 Å². The van der Waals surface area contributed by atoms with Crippen LogP contribution in [0.3, 0.4) is 0 Å². The van der Waals surface area contributed by atoms with Gasteiger partial charge in [-0.2, -0.15) is 5.10 Å². The Morgan fingerprint density at radius 2 is 2.29 bits per heavy atom. The Kier molecular flexibility index (Phi) is 3.64. The molecule has 0 aliphatic heterocycles. The van der Waals surface area contributed by atoms with Crippen molar-refractivity contribution in [1.29, 1.82) is 0 Å². The van der Waals surface area contributed by atoms with E-state index in [9.17, 15) is 4.79 Å². The third-order valence-corrected chi connectivity index (χ3v) is 2.13. The molecule has 78 valence electrons. The fourth-order valence-corrected chi connectivity index (χ4v) is 1.09. The maximum atomic E-state index is 11.5. The highest BCUT2D eigenvalue weighted by atomic mass is 16.1. The Morgan fingerprint density at radius 1 is 1.57 bits per heavy atom. The number of H-pyrrole nitrogens is 1. The number of aromatic nitrogens is 2. The molecule has 4 N–H and O–H groups in total. The average Bonchev–Trinajstić information content (AvgIpc) is 2.48. The van der Waals surface area contributed by atoms with E-state index in [4.69, 9.17) is 5.73 Å². The third-order valence-electron chi connectivity index (χ3n) is 2.13. The van der Waals surface area contributed by atoms with Crippen LogP contribution in [-0.4, -0.2) is 29.2 Å². The SMILES string of the molecule is Cc1[nH]nc(C(=O)NCCCN)c1C. The van der Waals surface area contributed by atoms with Crippen LogP contribution in [0.15, 0.2) is 0 Å². The molecule has 1 rings (SSSR count). The number of hydrogen-bond acceptors (Lipinski definition) is 3. The van der Waals surface area contributed by atoms with Crippen molar-refractivity contribution in [3.63, 3.8) is 0 Å². The van der Waals surface area contributed by atoms with Gasteiger partial charge in [-0.1, -0.05) is 0 Å². The molecule has 0 fully saturated rings. The van der Waals surface area contributed by atoms with Crippen molar-refractivity contribution in [3.8, 4) is 0 Å². The first-order valence-electron chi connectivity index (χ1n) is 4.66. The molecule has 1 aromatic heterocycles. The van der Waals surface area contributed by atoms with E-state index in [2.05, 4.69) is 15.5 Å². The quantitative estimate of drug-likeness (QED) is 0.597. The van der Waals surface area contributed by atoms with Crippen LogP contribution in [-0.2, 0) is 0 Å². The van der Waals surface area contributed by atoms with Crippen molar-refractivity contribution in [3.05, 3.63) is 17.0 Å². The summed E-state index contributed by atoms with van der Waals surface area (Å²) < 4.78 is 0. The number of nitrogens with one attached hydrogen (secondary N) is 2. The van der Waals surface area contributed by atoms with Crippen LogP contribution < -0.4 is 11.1 Å². The Morgan fingerprint density at radius 3 is 2.79 bits per heavy atom. The van der Waals surface area contributed by atoms with E-state index in [1.807, 2.05) is 13.8 Å². The van der Waals surface area contributed by atoms with Crippen LogP contribution in [0.4, 0.5) is 0 Å². The van der Waals surface area contributed by atoms with E-state index in [-0.39, 0.29) is 5.91 Å². The van der Waals surface area contributed by atoms with E-state index in [1.54, 1.807) is 0 Å². The number of hydrogen-bond donors (Lipinski definition) is 3. The molecule has 1 amide bonds. The van der Waals surface area contributed by atoms with Gasteiger partial charge in [0.15, 0.2) is 5.69 Å². The minimum absolute atomic E-state index is 0.139. The van der Waals surface area contributed by atoms with E-state index >= 15 is 0 Å². The van der Waals surface area contributed by atoms with Gasteiger partial charge in [0, 0.05) is 17.8 Å². The van der Waals surface area contributed by atoms with E-state index in [1.165, 1.54) is 0 Å². The Bertz CT molecular complexity index is 319. The van der Waals surface area contributed by atoms with Gasteiger partial charge in [0.25, 0.3) is 5.91 Å².